The van der Waals surface area contributed by atoms with Crippen molar-refractivity contribution in [2.45, 2.75) is 13.0 Å². The van der Waals surface area contributed by atoms with Gasteiger partial charge in [0.25, 0.3) is 5.91 Å². The van der Waals surface area contributed by atoms with Crippen LogP contribution in [0.15, 0.2) is 12.7 Å². The molecule has 1 saturated heterocycles. The van der Waals surface area contributed by atoms with Crippen LogP contribution >= 0.6 is 0 Å². The molecule has 0 aromatic carbocycles. The predicted octanol–water partition coefficient (Wildman–Crippen LogP) is -0.775. The van der Waals surface area contributed by atoms with Gasteiger partial charge in [-0.1, -0.05) is 6.08 Å². The van der Waals surface area contributed by atoms with Crippen molar-refractivity contribution in [1.29, 1.82) is 0 Å². The number of nitrogens with zero attached hydrogens (tertiary/aromatic N) is 2. The molecule has 0 aromatic heterocycles. The Morgan fingerprint density at radius 3 is 2.36 bits per heavy atom. The highest BCUT2D eigenvalue weighted by Crippen LogP contribution is 2.06. The normalized spacial score (nSPS) is 17.8. The van der Waals surface area contributed by atoms with E-state index in [4.69, 9.17) is 9.47 Å². The predicted molar refractivity (Wildman–Crippen MR) is 79.6 cm³/mol. The maximum Gasteiger partial charge on any atom is 0.335 e. The summed E-state index contributed by atoms with van der Waals surface area (Å²) in [5.41, 5.74) is 0. The van der Waals surface area contributed by atoms with E-state index >= 15 is 0 Å². The fourth-order valence-electron chi connectivity index (χ4n) is 1.89. The lowest BCUT2D eigenvalue weighted by Crippen LogP contribution is -2.51. The fourth-order valence-corrected chi connectivity index (χ4v) is 2.72. The van der Waals surface area contributed by atoms with E-state index in [1.165, 1.54) is 22.2 Å². The molecule has 1 rings (SSSR count). The van der Waals surface area contributed by atoms with Gasteiger partial charge in [-0.25, -0.2) is 13.2 Å². The lowest BCUT2D eigenvalue weighted by Gasteiger charge is -2.33. The molecule has 0 saturated carbocycles. The number of hydrogen-bond acceptors (Lipinski definition) is 6. The van der Waals surface area contributed by atoms with Crippen molar-refractivity contribution >= 4 is 21.9 Å². The number of esters is 1. The van der Waals surface area contributed by atoms with E-state index in [1.807, 2.05) is 0 Å². The molecule has 1 atom stereocenters. The molecule has 1 fully saturated rings. The van der Waals surface area contributed by atoms with Gasteiger partial charge in [-0.2, -0.15) is 4.31 Å². The SMILES string of the molecule is C=CCOC(C)C(=O)OCC(=O)N1CCN(S(C)(=O)=O)CC1. The number of ether oxygens (including phenoxy) is 2. The number of amides is 1. The summed E-state index contributed by atoms with van der Waals surface area (Å²) in [7, 11) is -3.24. The van der Waals surface area contributed by atoms with Gasteiger partial charge in [-0.15, -0.1) is 6.58 Å². The number of carbonyl (C=O) groups excluding carboxylic acids is 2. The summed E-state index contributed by atoms with van der Waals surface area (Å²) in [4.78, 5) is 25.0. The molecule has 1 aliphatic heterocycles. The van der Waals surface area contributed by atoms with E-state index in [9.17, 15) is 18.0 Å². The topological polar surface area (TPSA) is 93.2 Å². The summed E-state index contributed by atoms with van der Waals surface area (Å²) < 4.78 is 34.0. The maximum absolute atomic E-state index is 11.9. The molecule has 1 heterocycles. The van der Waals surface area contributed by atoms with Crippen molar-refractivity contribution < 1.29 is 27.5 Å². The van der Waals surface area contributed by atoms with Crippen LogP contribution in [0.2, 0.25) is 0 Å². The average Bonchev–Trinajstić information content (AvgIpc) is 2.49. The van der Waals surface area contributed by atoms with E-state index in [2.05, 4.69) is 6.58 Å². The van der Waals surface area contributed by atoms with Crippen molar-refractivity contribution in [1.82, 2.24) is 9.21 Å². The minimum Gasteiger partial charge on any atom is -0.454 e. The van der Waals surface area contributed by atoms with Crippen LogP contribution in [-0.2, 0) is 29.1 Å². The first-order valence-electron chi connectivity index (χ1n) is 6.87. The average molecular weight is 334 g/mol. The zero-order valence-electron chi connectivity index (χ0n) is 12.9. The second-order valence-corrected chi connectivity index (χ2v) is 6.90. The monoisotopic (exact) mass is 334 g/mol. The Kier molecular flexibility index (Phi) is 6.98. The van der Waals surface area contributed by atoms with E-state index in [0.717, 1.165) is 6.26 Å². The highest BCUT2D eigenvalue weighted by molar-refractivity contribution is 7.88. The standard InChI is InChI=1S/C13H22N2O6S/c1-4-9-20-11(2)13(17)21-10-12(16)14-5-7-15(8-6-14)22(3,18)19/h4,11H,1,5-10H2,2-3H3. The molecule has 0 N–H and O–H groups in total. The van der Waals surface area contributed by atoms with Crippen LogP contribution in [0.4, 0.5) is 0 Å². The quantitative estimate of drug-likeness (QED) is 0.448. The number of sulfonamides is 1. The summed E-state index contributed by atoms with van der Waals surface area (Å²) in [5, 5.41) is 0. The van der Waals surface area contributed by atoms with Gasteiger partial charge in [0.1, 0.15) is 0 Å². The Morgan fingerprint density at radius 1 is 1.27 bits per heavy atom. The summed E-state index contributed by atoms with van der Waals surface area (Å²) in [6, 6.07) is 0. The Hall–Kier alpha value is -1.45. The molecular formula is C13H22N2O6S. The first-order valence-corrected chi connectivity index (χ1v) is 8.72. The molecule has 0 aliphatic carbocycles. The van der Waals surface area contributed by atoms with Gasteiger partial charge in [-0.3, -0.25) is 4.79 Å². The van der Waals surface area contributed by atoms with E-state index in [-0.39, 0.29) is 45.3 Å². The lowest BCUT2D eigenvalue weighted by atomic mass is 10.3. The van der Waals surface area contributed by atoms with Crippen LogP contribution in [0.1, 0.15) is 6.92 Å². The zero-order valence-corrected chi connectivity index (χ0v) is 13.7. The Morgan fingerprint density at radius 2 is 1.86 bits per heavy atom. The number of hydrogen-bond donors (Lipinski definition) is 0. The van der Waals surface area contributed by atoms with Crippen LogP contribution in [0.25, 0.3) is 0 Å². The van der Waals surface area contributed by atoms with Crippen LogP contribution in [0.5, 0.6) is 0 Å². The van der Waals surface area contributed by atoms with Gasteiger partial charge in [0.15, 0.2) is 12.7 Å². The molecule has 0 bridgehead atoms. The molecule has 0 spiro atoms. The van der Waals surface area contributed by atoms with Gasteiger partial charge in [0.05, 0.1) is 12.9 Å². The Labute approximate surface area is 130 Å². The largest absolute Gasteiger partial charge is 0.454 e. The van der Waals surface area contributed by atoms with Gasteiger partial charge in [0.2, 0.25) is 10.0 Å². The smallest absolute Gasteiger partial charge is 0.335 e. The first kappa shape index (κ1) is 18.6. The van der Waals surface area contributed by atoms with Crippen molar-refractivity contribution in [2.24, 2.45) is 0 Å². The van der Waals surface area contributed by atoms with Crippen molar-refractivity contribution in [2.75, 3.05) is 45.6 Å². The Balaban J connectivity index is 2.35. The molecule has 1 unspecified atom stereocenters. The van der Waals surface area contributed by atoms with Gasteiger partial charge < -0.3 is 14.4 Å². The second kappa shape index (κ2) is 8.25. The molecule has 9 heteroatoms. The van der Waals surface area contributed by atoms with Gasteiger partial charge >= 0.3 is 5.97 Å². The molecule has 22 heavy (non-hydrogen) atoms. The number of piperazine rings is 1. The van der Waals surface area contributed by atoms with E-state index in [1.54, 1.807) is 0 Å². The lowest BCUT2D eigenvalue weighted by molar-refractivity contribution is -0.160. The van der Waals surface area contributed by atoms with Crippen LogP contribution < -0.4 is 0 Å². The first-order chi connectivity index (χ1) is 10.3. The number of carbonyl (C=O) groups is 2. The third-order valence-corrected chi connectivity index (χ3v) is 4.50. The summed E-state index contributed by atoms with van der Waals surface area (Å²) >= 11 is 0. The minimum absolute atomic E-state index is 0.220. The molecule has 1 amide bonds. The molecule has 0 aromatic rings. The third kappa shape index (κ3) is 5.74. The molecule has 1 aliphatic rings. The summed E-state index contributed by atoms with van der Waals surface area (Å²) in [6.07, 6.45) is 1.88. The van der Waals surface area contributed by atoms with Crippen LogP contribution in [-0.4, -0.2) is 81.3 Å². The minimum atomic E-state index is -3.24. The van der Waals surface area contributed by atoms with E-state index < -0.39 is 22.1 Å². The zero-order chi connectivity index (χ0) is 16.8. The summed E-state index contributed by atoms with van der Waals surface area (Å²) in [5.74, 6) is -0.970. The summed E-state index contributed by atoms with van der Waals surface area (Å²) in [6.45, 7) is 5.90. The molecule has 0 radical (unpaired) electrons. The van der Waals surface area contributed by atoms with E-state index in [0.29, 0.717) is 0 Å². The fraction of sp³-hybridized carbons (Fsp3) is 0.692. The van der Waals surface area contributed by atoms with Crippen LogP contribution in [0.3, 0.4) is 0 Å². The van der Waals surface area contributed by atoms with Crippen LogP contribution in [0, 0.1) is 0 Å². The number of rotatable bonds is 7. The van der Waals surface area contributed by atoms with Crippen molar-refractivity contribution in [3.8, 4) is 0 Å². The highest BCUT2D eigenvalue weighted by Gasteiger charge is 2.26. The highest BCUT2D eigenvalue weighted by atomic mass is 32.2. The second-order valence-electron chi connectivity index (χ2n) is 4.91. The molecule has 8 nitrogen and oxygen atoms in total. The third-order valence-electron chi connectivity index (χ3n) is 3.19. The van der Waals surface area contributed by atoms with Crippen molar-refractivity contribution in [3.05, 3.63) is 12.7 Å². The van der Waals surface area contributed by atoms with Crippen molar-refractivity contribution in [3.63, 3.8) is 0 Å². The van der Waals surface area contributed by atoms with Gasteiger partial charge in [0, 0.05) is 26.2 Å². The maximum atomic E-state index is 11.9. The Bertz CT molecular complexity index is 511. The molecular weight excluding hydrogens is 312 g/mol. The molecule has 126 valence electrons. The van der Waals surface area contributed by atoms with Gasteiger partial charge in [-0.05, 0) is 6.92 Å².